The second kappa shape index (κ2) is 2.62. The lowest BCUT2D eigenvalue weighted by atomic mass is 9.60. The summed E-state index contributed by atoms with van der Waals surface area (Å²) in [5.74, 6) is 1.55. The lowest BCUT2D eigenvalue weighted by molar-refractivity contribution is -0.130. The summed E-state index contributed by atoms with van der Waals surface area (Å²) >= 11 is 0. The predicted octanol–water partition coefficient (Wildman–Crippen LogP) is 2.54. The maximum absolute atomic E-state index is 12.0. The highest BCUT2D eigenvalue weighted by Gasteiger charge is 2.59. The second-order valence-corrected chi connectivity index (χ2v) is 5.26. The number of allylic oxidation sites excluding steroid dienone is 2. The number of hydrogen-bond acceptors (Lipinski definition) is 2. The highest BCUT2D eigenvalue weighted by molar-refractivity contribution is 5.97. The Hall–Kier alpha value is -0.790. The molecule has 0 radical (unpaired) electrons. The van der Waals surface area contributed by atoms with Gasteiger partial charge in [0, 0.05) is 17.4 Å². The number of ketones is 1. The molecule has 2 atom stereocenters. The summed E-state index contributed by atoms with van der Waals surface area (Å²) in [4.78, 5) is 12.0. The normalized spacial score (nSPS) is 39.6. The molecule has 0 aromatic rings. The summed E-state index contributed by atoms with van der Waals surface area (Å²) in [6.07, 6.45) is 3.78. The first kappa shape index (κ1) is 9.75. The van der Waals surface area contributed by atoms with Crippen molar-refractivity contribution >= 4 is 5.78 Å². The Morgan fingerprint density at radius 2 is 2.07 bits per heavy atom. The van der Waals surface area contributed by atoms with Crippen LogP contribution in [0.4, 0.5) is 0 Å². The molecule has 0 spiro atoms. The Morgan fingerprint density at radius 3 is 2.64 bits per heavy atom. The zero-order valence-electron chi connectivity index (χ0n) is 9.39. The van der Waals surface area contributed by atoms with Crippen molar-refractivity contribution < 1.29 is 9.53 Å². The fourth-order valence-corrected chi connectivity index (χ4v) is 3.03. The van der Waals surface area contributed by atoms with Gasteiger partial charge < -0.3 is 4.74 Å². The van der Waals surface area contributed by atoms with Gasteiger partial charge in [0.15, 0.2) is 5.78 Å². The molecule has 0 N–H and O–H groups in total. The van der Waals surface area contributed by atoms with Crippen LogP contribution in [0, 0.1) is 16.7 Å². The van der Waals surface area contributed by atoms with Crippen LogP contribution in [-0.2, 0) is 9.53 Å². The highest BCUT2D eigenvalue weighted by atomic mass is 16.5. The van der Waals surface area contributed by atoms with Crippen LogP contribution < -0.4 is 0 Å². The van der Waals surface area contributed by atoms with E-state index >= 15 is 0 Å². The van der Waals surface area contributed by atoms with Crippen molar-refractivity contribution in [2.75, 3.05) is 7.11 Å². The molecule has 1 fully saturated rings. The molecule has 0 aromatic carbocycles. The van der Waals surface area contributed by atoms with Crippen molar-refractivity contribution in [3.8, 4) is 0 Å². The molecule has 0 unspecified atom stereocenters. The first-order valence-electron chi connectivity index (χ1n) is 5.23. The minimum Gasteiger partial charge on any atom is -0.501 e. The van der Waals surface area contributed by atoms with Crippen LogP contribution in [-0.4, -0.2) is 12.9 Å². The molecule has 0 aromatic heterocycles. The van der Waals surface area contributed by atoms with Gasteiger partial charge in [-0.3, -0.25) is 4.79 Å². The van der Waals surface area contributed by atoms with E-state index < -0.39 is 0 Å². The maximum Gasteiger partial charge on any atom is 0.165 e. The quantitative estimate of drug-likeness (QED) is 0.641. The number of hydrogen-bond donors (Lipinski definition) is 0. The Bertz CT molecular complexity index is 314. The molecule has 1 saturated carbocycles. The standard InChI is InChI=1S/C12H18O2/c1-11(2)8-5-6-12(11,3)10(13)7-9(8)14-4/h7-8H,5-6H2,1-4H3/t8-,12-/m1/s1. The van der Waals surface area contributed by atoms with Crippen molar-refractivity contribution in [3.63, 3.8) is 0 Å². The first-order chi connectivity index (χ1) is 6.43. The minimum absolute atomic E-state index is 0.0458. The maximum atomic E-state index is 12.0. The van der Waals surface area contributed by atoms with Crippen LogP contribution in [0.5, 0.6) is 0 Å². The van der Waals surface area contributed by atoms with E-state index in [0.29, 0.717) is 5.92 Å². The van der Waals surface area contributed by atoms with Crippen LogP contribution in [0.3, 0.4) is 0 Å². The van der Waals surface area contributed by atoms with Gasteiger partial charge in [-0.25, -0.2) is 0 Å². The van der Waals surface area contributed by atoms with Crippen molar-refractivity contribution in [1.82, 2.24) is 0 Å². The van der Waals surface area contributed by atoms with Gasteiger partial charge in [-0.15, -0.1) is 0 Å². The van der Waals surface area contributed by atoms with Gasteiger partial charge in [-0.1, -0.05) is 20.8 Å². The molecule has 0 saturated heterocycles. The van der Waals surface area contributed by atoms with Crippen LogP contribution >= 0.6 is 0 Å². The van der Waals surface area contributed by atoms with E-state index in [0.717, 1.165) is 18.6 Å². The molecule has 78 valence electrons. The Balaban J connectivity index is 2.53. The summed E-state index contributed by atoms with van der Waals surface area (Å²) in [5, 5.41) is 0. The third-order valence-corrected chi connectivity index (χ3v) is 4.62. The van der Waals surface area contributed by atoms with E-state index in [1.54, 1.807) is 13.2 Å². The summed E-state index contributed by atoms with van der Waals surface area (Å²) in [5.41, 5.74) is -0.121. The summed E-state index contributed by atoms with van der Waals surface area (Å²) < 4.78 is 5.31. The fraction of sp³-hybridized carbons (Fsp3) is 0.750. The average Bonchev–Trinajstić information content (AvgIpc) is 2.29. The molecule has 0 aliphatic heterocycles. The zero-order valence-corrected chi connectivity index (χ0v) is 9.39. The number of carbonyl (C=O) groups is 1. The van der Waals surface area contributed by atoms with Crippen molar-refractivity contribution in [2.45, 2.75) is 33.6 Å². The SMILES string of the molecule is COC1=CC(=O)[C@@]2(C)CC[C@H]1C2(C)C. The molecular formula is C12H18O2. The van der Waals surface area contributed by atoms with E-state index in [-0.39, 0.29) is 16.6 Å². The van der Waals surface area contributed by atoms with Crippen LogP contribution in [0.25, 0.3) is 0 Å². The molecule has 0 amide bonds. The van der Waals surface area contributed by atoms with E-state index in [4.69, 9.17) is 4.74 Å². The van der Waals surface area contributed by atoms with Crippen LogP contribution in [0.2, 0.25) is 0 Å². The van der Waals surface area contributed by atoms with Crippen molar-refractivity contribution in [3.05, 3.63) is 11.8 Å². The lowest BCUT2D eigenvalue weighted by Gasteiger charge is -2.43. The van der Waals surface area contributed by atoms with Gasteiger partial charge in [0.25, 0.3) is 0 Å². The van der Waals surface area contributed by atoms with Gasteiger partial charge in [0.1, 0.15) is 5.76 Å². The smallest absolute Gasteiger partial charge is 0.165 e. The van der Waals surface area contributed by atoms with E-state index in [2.05, 4.69) is 20.8 Å². The first-order valence-corrected chi connectivity index (χ1v) is 5.23. The number of fused-ring (bicyclic) bond motifs is 2. The van der Waals surface area contributed by atoms with Gasteiger partial charge in [-0.2, -0.15) is 0 Å². The van der Waals surface area contributed by atoms with Crippen LogP contribution in [0.1, 0.15) is 33.6 Å². The number of rotatable bonds is 1. The monoisotopic (exact) mass is 194 g/mol. The van der Waals surface area contributed by atoms with Crippen LogP contribution in [0.15, 0.2) is 11.8 Å². The Kier molecular flexibility index (Phi) is 1.82. The Morgan fingerprint density at radius 1 is 1.43 bits per heavy atom. The molecule has 2 nitrogen and oxygen atoms in total. The lowest BCUT2D eigenvalue weighted by Crippen LogP contribution is -2.43. The van der Waals surface area contributed by atoms with Gasteiger partial charge in [0.2, 0.25) is 0 Å². The molecule has 2 rings (SSSR count). The van der Waals surface area contributed by atoms with Gasteiger partial charge >= 0.3 is 0 Å². The third-order valence-electron chi connectivity index (χ3n) is 4.62. The highest BCUT2D eigenvalue weighted by Crippen LogP contribution is 2.61. The largest absolute Gasteiger partial charge is 0.501 e. The predicted molar refractivity (Wildman–Crippen MR) is 54.7 cm³/mol. The van der Waals surface area contributed by atoms with E-state index in [1.165, 1.54) is 0 Å². The van der Waals surface area contributed by atoms with E-state index in [1.807, 2.05) is 0 Å². The molecule has 2 bridgehead atoms. The number of methoxy groups -OCH3 is 1. The molecule has 2 heteroatoms. The molecule has 2 aliphatic carbocycles. The van der Waals surface area contributed by atoms with Crippen molar-refractivity contribution in [2.24, 2.45) is 16.7 Å². The number of carbonyl (C=O) groups excluding carboxylic acids is 1. The second-order valence-electron chi connectivity index (χ2n) is 5.26. The Labute approximate surface area is 85.3 Å². The summed E-state index contributed by atoms with van der Waals surface area (Å²) in [7, 11) is 1.66. The fourth-order valence-electron chi connectivity index (χ4n) is 3.03. The summed E-state index contributed by atoms with van der Waals surface area (Å²) in [6.45, 7) is 6.47. The topological polar surface area (TPSA) is 26.3 Å². The number of ether oxygens (including phenoxy) is 1. The molecule has 2 aliphatic rings. The summed E-state index contributed by atoms with van der Waals surface area (Å²) in [6, 6.07) is 0. The van der Waals surface area contributed by atoms with Gasteiger partial charge in [0.05, 0.1) is 7.11 Å². The third kappa shape index (κ3) is 0.891. The molecule has 14 heavy (non-hydrogen) atoms. The molecular weight excluding hydrogens is 176 g/mol. The zero-order chi connectivity index (χ0) is 10.6. The average molecular weight is 194 g/mol. The van der Waals surface area contributed by atoms with E-state index in [9.17, 15) is 4.79 Å². The minimum atomic E-state index is -0.167. The molecule has 0 heterocycles. The van der Waals surface area contributed by atoms with Gasteiger partial charge in [-0.05, 0) is 18.3 Å². The van der Waals surface area contributed by atoms with Crippen molar-refractivity contribution in [1.29, 1.82) is 0 Å².